The summed E-state index contributed by atoms with van der Waals surface area (Å²) in [6.45, 7) is 4.11. The predicted molar refractivity (Wildman–Crippen MR) is 86.8 cm³/mol. The van der Waals surface area contributed by atoms with Gasteiger partial charge in [0.2, 0.25) is 10.0 Å². The number of nitrogens with one attached hydrogen (secondary N) is 1. The van der Waals surface area contributed by atoms with Gasteiger partial charge in [0.05, 0.1) is 10.0 Å². The smallest absolute Gasteiger partial charge is 0.243 e. The maximum Gasteiger partial charge on any atom is 0.243 e. The largest absolute Gasteiger partial charge is 0.396 e. The zero-order valence-electron chi connectivity index (χ0n) is 11.8. The normalized spacial score (nSPS) is 12.7. The molecule has 0 bridgehead atoms. The molecular formula is C13H18Cl3NO3S. The Balaban J connectivity index is 2.93. The first kappa shape index (κ1) is 19.0. The third-order valence-corrected chi connectivity index (χ3v) is 5.52. The van der Waals surface area contributed by atoms with Crippen molar-refractivity contribution in [1.82, 2.24) is 4.72 Å². The molecule has 0 aliphatic heterocycles. The van der Waals surface area contributed by atoms with Crippen LogP contribution in [0.5, 0.6) is 0 Å². The first-order valence-electron chi connectivity index (χ1n) is 6.34. The van der Waals surface area contributed by atoms with Crippen LogP contribution in [0.1, 0.15) is 26.7 Å². The van der Waals surface area contributed by atoms with Gasteiger partial charge < -0.3 is 5.11 Å². The standard InChI is InChI=1S/C13H18Cl3NO3S/c1-13(2,4-3-5-18)8-17-21(19,20)12-10(15)6-9(14)7-11(12)16/h6-7,17-18H,3-5,8H2,1-2H3. The quantitative estimate of drug-likeness (QED) is 0.764. The summed E-state index contributed by atoms with van der Waals surface area (Å²) in [5.74, 6) is 0. The van der Waals surface area contributed by atoms with E-state index < -0.39 is 10.0 Å². The van der Waals surface area contributed by atoms with Crippen molar-refractivity contribution in [3.05, 3.63) is 27.2 Å². The molecular weight excluding hydrogens is 357 g/mol. The molecule has 0 spiro atoms. The Morgan fingerprint density at radius 3 is 2.19 bits per heavy atom. The van der Waals surface area contributed by atoms with Gasteiger partial charge in [0.15, 0.2) is 0 Å². The van der Waals surface area contributed by atoms with Crippen molar-refractivity contribution >= 4 is 44.8 Å². The van der Waals surface area contributed by atoms with E-state index in [9.17, 15) is 8.42 Å². The molecule has 0 unspecified atom stereocenters. The van der Waals surface area contributed by atoms with Crippen molar-refractivity contribution in [2.75, 3.05) is 13.2 Å². The number of hydrogen-bond acceptors (Lipinski definition) is 3. The van der Waals surface area contributed by atoms with Gasteiger partial charge in [-0.2, -0.15) is 0 Å². The summed E-state index contributed by atoms with van der Waals surface area (Å²) in [5, 5.41) is 9.08. The molecule has 0 aromatic heterocycles. The number of benzene rings is 1. The molecule has 120 valence electrons. The van der Waals surface area contributed by atoms with Gasteiger partial charge in [0, 0.05) is 18.2 Å². The van der Waals surface area contributed by atoms with Crippen molar-refractivity contribution < 1.29 is 13.5 Å². The van der Waals surface area contributed by atoms with Crippen molar-refractivity contribution in [3.63, 3.8) is 0 Å². The molecule has 2 N–H and O–H groups in total. The van der Waals surface area contributed by atoms with Crippen molar-refractivity contribution in [3.8, 4) is 0 Å². The van der Waals surface area contributed by atoms with E-state index in [1.165, 1.54) is 12.1 Å². The lowest BCUT2D eigenvalue weighted by Gasteiger charge is -2.24. The molecule has 1 aromatic rings. The highest BCUT2D eigenvalue weighted by atomic mass is 35.5. The van der Waals surface area contributed by atoms with E-state index in [0.29, 0.717) is 12.8 Å². The molecule has 0 saturated heterocycles. The van der Waals surface area contributed by atoms with Crippen molar-refractivity contribution in [1.29, 1.82) is 0 Å². The Kier molecular flexibility index (Phi) is 6.78. The number of sulfonamides is 1. The van der Waals surface area contributed by atoms with Crippen LogP contribution in [-0.2, 0) is 10.0 Å². The highest BCUT2D eigenvalue weighted by molar-refractivity contribution is 7.89. The third-order valence-electron chi connectivity index (χ3n) is 2.98. The summed E-state index contributed by atoms with van der Waals surface area (Å²) in [7, 11) is -3.83. The molecule has 0 aliphatic carbocycles. The SMILES string of the molecule is CC(C)(CCCO)CNS(=O)(=O)c1c(Cl)cc(Cl)cc1Cl. The van der Waals surface area contributed by atoms with Crippen LogP contribution >= 0.6 is 34.8 Å². The van der Waals surface area contributed by atoms with E-state index >= 15 is 0 Å². The fraction of sp³-hybridized carbons (Fsp3) is 0.538. The molecule has 0 fully saturated rings. The van der Waals surface area contributed by atoms with Crippen LogP contribution in [-0.4, -0.2) is 26.7 Å². The molecule has 1 rings (SSSR count). The van der Waals surface area contributed by atoms with E-state index in [1.54, 1.807) is 0 Å². The van der Waals surface area contributed by atoms with Crippen LogP contribution in [0.2, 0.25) is 15.1 Å². The average Bonchev–Trinajstić information content (AvgIpc) is 2.33. The minimum absolute atomic E-state index is 0.0202. The molecule has 21 heavy (non-hydrogen) atoms. The second-order valence-electron chi connectivity index (χ2n) is 5.51. The van der Waals surface area contributed by atoms with Crippen molar-refractivity contribution in [2.24, 2.45) is 5.41 Å². The van der Waals surface area contributed by atoms with Crippen LogP contribution < -0.4 is 4.72 Å². The maximum absolute atomic E-state index is 12.3. The van der Waals surface area contributed by atoms with Crippen LogP contribution in [0.4, 0.5) is 0 Å². The van der Waals surface area contributed by atoms with E-state index in [2.05, 4.69) is 4.72 Å². The number of aliphatic hydroxyl groups excluding tert-OH is 1. The average molecular weight is 375 g/mol. The molecule has 0 amide bonds. The summed E-state index contributed by atoms with van der Waals surface area (Å²) < 4.78 is 27.2. The van der Waals surface area contributed by atoms with Gasteiger partial charge in [-0.3, -0.25) is 0 Å². The summed E-state index contributed by atoms with van der Waals surface area (Å²) in [6, 6.07) is 2.67. The second kappa shape index (κ2) is 7.49. The molecule has 0 atom stereocenters. The van der Waals surface area contributed by atoms with Gasteiger partial charge >= 0.3 is 0 Å². The minimum Gasteiger partial charge on any atom is -0.396 e. The Bertz CT molecular complexity index is 580. The monoisotopic (exact) mass is 373 g/mol. The van der Waals surface area contributed by atoms with Gasteiger partial charge in [0.25, 0.3) is 0 Å². The van der Waals surface area contributed by atoms with E-state index in [-0.39, 0.29) is 38.5 Å². The topological polar surface area (TPSA) is 66.4 Å². The molecule has 0 saturated carbocycles. The zero-order chi connectivity index (χ0) is 16.3. The summed E-state index contributed by atoms with van der Waals surface area (Å²) in [4.78, 5) is -0.173. The minimum atomic E-state index is -3.83. The molecule has 0 aliphatic rings. The Hall–Kier alpha value is -0.0400. The van der Waals surface area contributed by atoms with E-state index in [0.717, 1.165) is 0 Å². The van der Waals surface area contributed by atoms with Crippen LogP contribution in [0.25, 0.3) is 0 Å². The van der Waals surface area contributed by atoms with Gasteiger partial charge in [0.1, 0.15) is 4.90 Å². The number of halogens is 3. The summed E-state index contributed by atoms with van der Waals surface area (Å²) in [5.41, 5.74) is -0.290. The lowest BCUT2D eigenvalue weighted by Crippen LogP contribution is -2.34. The van der Waals surface area contributed by atoms with E-state index in [1.807, 2.05) is 13.8 Å². The number of aliphatic hydroxyl groups is 1. The lowest BCUT2D eigenvalue weighted by molar-refractivity contribution is 0.242. The predicted octanol–water partition coefficient (Wildman–Crippen LogP) is 3.72. The molecule has 8 heteroatoms. The molecule has 0 radical (unpaired) electrons. The first-order chi connectivity index (χ1) is 9.59. The second-order valence-corrected chi connectivity index (χ2v) is 8.47. The molecule has 4 nitrogen and oxygen atoms in total. The molecule has 1 aromatic carbocycles. The van der Waals surface area contributed by atoms with Gasteiger partial charge in [-0.05, 0) is 30.4 Å². The fourth-order valence-corrected chi connectivity index (χ4v) is 4.58. The van der Waals surface area contributed by atoms with E-state index in [4.69, 9.17) is 39.9 Å². The highest BCUT2D eigenvalue weighted by Crippen LogP contribution is 2.33. The van der Waals surface area contributed by atoms with Gasteiger partial charge in [-0.25, -0.2) is 13.1 Å². The Morgan fingerprint density at radius 2 is 1.71 bits per heavy atom. The summed E-state index contributed by atoms with van der Waals surface area (Å²) >= 11 is 17.6. The van der Waals surface area contributed by atoms with Crippen LogP contribution in [0, 0.1) is 5.41 Å². The van der Waals surface area contributed by atoms with Crippen LogP contribution in [0.3, 0.4) is 0 Å². The van der Waals surface area contributed by atoms with Crippen molar-refractivity contribution in [2.45, 2.75) is 31.6 Å². The first-order valence-corrected chi connectivity index (χ1v) is 8.96. The highest BCUT2D eigenvalue weighted by Gasteiger charge is 2.26. The molecule has 0 heterocycles. The number of rotatable bonds is 7. The lowest BCUT2D eigenvalue weighted by atomic mass is 9.88. The van der Waals surface area contributed by atoms with Gasteiger partial charge in [-0.15, -0.1) is 0 Å². The van der Waals surface area contributed by atoms with Crippen LogP contribution in [0.15, 0.2) is 17.0 Å². The third kappa shape index (κ3) is 5.58. The Morgan fingerprint density at radius 1 is 1.19 bits per heavy atom. The maximum atomic E-state index is 12.3. The Labute approximate surface area is 140 Å². The zero-order valence-corrected chi connectivity index (χ0v) is 14.9. The fourth-order valence-electron chi connectivity index (χ4n) is 1.79. The number of hydrogen-bond donors (Lipinski definition) is 2. The summed E-state index contributed by atoms with van der Waals surface area (Å²) in [6.07, 6.45) is 1.30. The van der Waals surface area contributed by atoms with Gasteiger partial charge in [-0.1, -0.05) is 48.7 Å².